The third-order valence-electron chi connectivity index (χ3n) is 1.74. The van der Waals surface area contributed by atoms with E-state index in [4.69, 9.17) is 9.94 Å². The van der Waals surface area contributed by atoms with Crippen LogP contribution in [0.4, 0.5) is 0 Å². The molecule has 14 heavy (non-hydrogen) atoms. The molecule has 1 heterocycles. The maximum atomic E-state index is 8.39. The highest BCUT2D eigenvalue weighted by Crippen LogP contribution is 2.13. The van der Waals surface area contributed by atoms with Crippen molar-refractivity contribution in [2.24, 2.45) is 5.16 Å². The maximum Gasteiger partial charge on any atom is 0.146 e. The Labute approximate surface area is 83.2 Å². The molecule has 76 valence electrons. The minimum atomic E-state index is 0.547. The van der Waals surface area contributed by atoms with Crippen LogP contribution < -0.4 is 4.74 Å². The van der Waals surface area contributed by atoms with E-state index in [1.165, 1.54) is 6.21 Å². The molecular formula is C10H14N2O2. The van der Waals surface area contributed by atoms with Gasteiger partial charge in [-0.3, -0.25) is 4.98 Å². The van der Waals surface area contributed by atoms with E-state index in [0.717, 1.165) is 12.8 Å². The van der Waals surface area contributed by atoms with E-state index in [1.54, 1.807) is 18.3 Å². The van der Waals surface area contributed by atoms with E-state index in [2.05, 4.69) is 17.1 Å². The summed E-state index contributed by atoms with van der Waals surface area (Å²) in [4.78, 5) is 4.01. The van der Waals surface area contributed by atoms with Crippen molar-refractivity contribution >= 4 is 6.21 Å². The van der Waals surface area contributed by atoms with Gasteiger partial charge in [-0.05, 0) is 18.6 Å². The second kappa shape index (κ2) is 5.96. The fraction of sp³-hybridized carbons (Fsp3) is 0.400. The van der Waals surface area contributed by atoms with Crippen molar-refractivity contribution in [3.8, 4) is 5.75 Å². The number of aromatic nitrogens is 1. The molecule has 1 N–H and O–H groups in total. The van der Waals surface area contributed by atoms with Crippen molar-refractivity contribution in [3.05, 3.63) is 24.0 Å². The molecule has 0 unspecified atom stereocenters. The minimum Gasteiger partial charge on any atom is -0.491 e. The van der Waals surface area contributed by atoms with Crippen LogP contribution in [0.2, 0.25) is 0 Å². The second-order valence-electron chi connectivity index (χ2n) is 2.83. The molecule has 0 spiro atoms. The Balaban J connectivity index is 2.64. The summed E-state index contributed by atoms with van der Waals surface area (Å²) < 4.78 is 5.47. The predicted molar refractivity (Wildman–Crippen MR) is 54.0 cm³/mol. The van der Waals surface area contributed by atoms with Gasteiger partial charge in [-0.1, -0.05) is 18.5 Å². The monoisotopic (exact) mass is 194 g/mol. The van der Waals surface area contributed by atoms with Gasteiger partial charge in [0.25, 0.3) is 0 Å². The summed E-state index contributed by atoms with van der Waals surface area (Å²) in [5.74, 6) is 0.652. The Morgan fingerprint density at radius 2 is 2.50 bits per heavy atom. The average molecular weight is 194 g/mol. The molecule has 4 heteroatoms. The third-order valence-corrected chi connectivity index (χ3v) is 1.74. The van der Waals surface area contributed by atoms with Crippen molar-refractivity contribution in [1.82, 2.24) is 4.98 Å². The summed E-state index contributed by atoms with van der Waals surface area (Å²) in [6, 6.07) is 3.59. The highest BCUT2D eigenvalue weighted by molar-refractivity contribution is 5.80. The molecule has 0 bridgehead atoms. The lowest BCUT2D eigenvalue weighted by Gasteiger charge is -2.06. The first kappa shape index (κ1) is 10.5. The summed E-state index contributed by atoms with van der Waals surface area (Å²) in [5, 5.41) is 11.3. The molecule has 0 saturated heterocycles. The summed E-state index contributed by atoms with van der Waals surface area (Å²) >= 11 is 0. The molecule has 0 aliphatic heterocycles. The number of unbranched alkanes of at least 4 members (excludes halogenated alkanes) is 1. The van der Waals surface area contributed by atoms with Gasteiger partial charge in [0.2, 0.25) is 0 Å². The van der Waals surface area contributed by atoms with Gasteiger partial charge in [0.05, 0.1) is 12.8 Å². The Morgan fingerprint density at radius 3 is 3.21 bits per heavy atom. The zero-order valence-electron chi connectivity index (χ0n) is 8.18. The van der Waals surface area contributed by atoms with Crippen molar-refractivity contribution < 1.29 is 9.94 Å². The van der Waals surface area contributed by atoms with E-state index in [-0.39, 0.29) is 0 Å². The van der Waals surface area contributed by atoms with Crippen LogP contribution in [0, 0.1) is 0 Å². The fourth-order valence-corrected chi connectivity index (χ4v) is 1.00. The van der Waals surface area contributed by atoms with Gasteiger partial charge in [0, 0.05) is 6.20 Å². The van der Waals surface area contributed by atoms with Gasteiger partial charge < -0.3 is 9.94 Å². The first-order chi connectivity index (χ1) is 6.88. The zero-order chi connectivity index (χ0) is 10.2. The van der Waals surface area contributed by atoms with E-state index in [1.807, 2.05) is 0 Å². The Kier molecular flexibility index (Phi) is 4.47. The zero-order valence-corrected chi connectivity index (χ0v) is 8.18. The molecular weight excluding hydrogens is 180 g/mol. The van der Waals surface area contributed by atoms with Gasteiger partial charge in [-0.15, -0.1) is 0 Å². The van der Waals surface area contributed by atoms with Crippen LogP contribution >= 0.6 is 0 Å². The van der Waals surface area contributed by atoms with Gasteiger partial charge in [-0.25, -0.2) is 0 Å². The van der Waals surface area contributed by atoms with Crippen molar-refractivity contribution in [2.45, 2.75) is 19.8 Å². The van der Waals surface area contributed by atoms with Crippen LogP contribution in [0.25, 0.3) is 0 Å². The Bertz CT molecular complexity index is 300. The lowest BCUT2D eigenvalue weighted by atomic mass is 10.3. The highest BCUT2D eigenvalue weighted by atomic mass is 16.5. The van der Waals surface area contributed by atoms with Gasteiger partial charge >= 0.3 is 0 Å². The first-order valence-electron chi connectivity index (χ1n) is 4.63. The molecule has 1 rings (SSSR count). The summed E-state index contributed by atoms with van der Waals surface area (Å²) in [7, 11) is 0. The third kappa shape index (κ3) is 3.05. The Hall–Kier alpha value is -1.58. The molecule has 0 atom stereocenters. The second-order valence-corrected chi connectivity index (χ2v) is 2.83. The molecule has 0 amide bonds. The topological polar surface area (TPSA) is 54.7 Å². The number of hydrogen-bond acceptors (Lipinski definition) is 4. The lowest BCUT2D eigenvalue weighted by Crippen LogP contribution is -2.00. The SMILES string of the molecule is CCCCOc1cccnc1/C=N/O. The smallest absolute Gasteiger partial charge is 0.146 e. The molecule has 4 nitrogen and oxygen atoms in total. The largest absolute Gasteiger partial charge is 0.491 e. The number of rotatable bonds is 5. The average Bonchev–Trinajstić information content (AvgIpc) is 2.21. The van der Waals surface area contributed by atoms with Gasteiger partial charge in [0.15, 0.2) is 0 Å². The van der Waals surface area contributed by atoms with Crippen molar-refractivity contribution in [2.75, 3.05) is 6.61 Å². The Morgan fingerprint density at radius 1 is 1.64 bits per heavy atom. The van der Waals surface area contributed by atoms with Crippen LogP contribution in [0.5, 0.6) is 5.75 Å². The first-order valence-corrected chi connectivity index (χ1v) is 4.63. The number of nitrogens with zero attached hydrogens (tertiary/aromatic N) is 2. The summed E-state index contributed by atoms with van der Waals surface area (Å²) in [5.41, 5.74) is 0.547. The summed E-state index contributed by atoms with van der Waals surface area (Å²) in [6.07, 6.45) is 4.99. The van der Waals surface area contributed by atoms with E-state index < -0.39 is 0 Å². The molecule has 0 fully saturated rings. The van der Waals surface area contributed by atoms with Crippen molar-refractivity contribution in [1.29, 1.82) is 0 Å². The lowest BCUT2D eigenvalue weighted by molar-refractivity contribution is 0.306. The number of oxime groups is 1. The quantitative estimate of drug-likeness (QED) is 0.338. The molecule has 0 aromatic carbocycles. The number of hydrogen-bond donors (Lipinski definition) is 1. The molecule has 0 aliphatic carbocycles. The fourth-order valence-electron chi connectivity index (χ4n) is 1.00. The summed E-state index contributed by atoms with van der Waals surface area (Å²) in [6.45, 7) is 2.76. The van der Waals surface area contributed by atoms with Gasteiger partial charge in [0.1, 0.15) is 11.4 Å². The number of ether oxygens (including phenoxy) is 1. The standard InChI is InChI=1S/C10H14N2O2/c1-2-3-7-14-10-5-4-6-11-9(10)8-12-13/h4-6,8,13H,2-3,7H2,1H3/b12-8+. The number of pyridine rings is 1. The van der Waals surface area contributed by atoms with E-state index in [9.17, 15) is 0 Å². The van der Waals surface area contributed by atoms with E-state index in [0.29, 0.717) is 18.1 Å². The van der Waals surface area contributed by atoms with Crippen LogP contribution in [-0.2, 0) is 0 Å². The van der Waals surface area contributed by atoms with Crippen LogP contribution in [0.3, 0.4) is 0 Å². The minimum absolute atomic E-state index is 0.547. The molecule has 0 saturated carbocycles. The molecule has 0 radical (unpaired) electrons. The predicted octanol–water partition coefficient (Wildman–Crippen LogP) is 2.07. The van der Waals surface area contributed by atoms with Gasteiger partial charge in [-0.2, -0.15) is 0 Å². The maximum absolute atomic E-state index is 8.39. The van der Waals surface area contributed by atoms with Crippen LogP contribution in [0.15, 0.2) is 23.5 Å². The molecule has 1 aromatic rings. The van der Waals surface area contributed by atoms with Crippen molar-refractivity contribution in [3.63, 3.8) is 0 Å². The van der Waals surface area contributed by atoms with E-state index >= 15 is 0 Å². The molecule has 1 aromatic heterocycles. The van der Waals surface area contributed by atoms with Crippen LogP contribution in [-0.4, -0.2) is 23.0 Å². The highest BCUT2D eigenvalue weighted by Gasteiger charge is 2.00. The normalized spacial score (nSPS) is 10.6. The molecule has 0 aliphatic rings. The van der Waals surface area contributed by atoms with Crippen LogP contribution in [0.1, 0.15) is 25.5 Å².